The first-order valence-electron chi connectivity index (χ1n) is 11.5. The first-order valence-corrected chi connectivity index (χ1v) is 13.0. The molecule has 0 aliphatic heterocycles. The number of anilines is 1. The maximum Gasteiger partial charge on any atom is 0.357 e. The topological polar surface area (TPSA) is 128 Å². The van der Waals surface area contributed by atoms with Crippen LogP contribution in [0.5, 0.6) is 0 Å². The summed E-state index contributed by atoms with van der Waals surface area (Å²) in [6.45, 7) is 0.210. The molecule has 3 rings (SSSR count). The summed E-state index contributed by atoms with van der Waals surface area (Å²) in [7, 11) is -4.33. The molecule has 4 N–H and O–H groups in total. The van der Waals surface area contributed by atoms with Crippen molar-refractivity contribution in [2.45, 2.75) is 82.7 Å². The molecule has 0 radical (unpaired) electrons. The maximum absolute atomic E-state index is 13.0. The predicted octanol–water partition coefficient (Wildman–Crippen LogP) is 3.83. The van der Waals surface area contributed by atoms with E-state index >= 15 is 0 Å². The van der Waals surface area contributed by atoms with Crippen molar-refractivity contribution in [2.75, 3.05) is 11.3 Å². The number of nitrogens with zero attached hydrogens (tertiary/aromatic N) is 1. The van der Waals surface area contributed by atoms with E-state index in [2.05, 4.69) is 10.6 Å². The molecule has 0 unspecified atom stereocenters. The molecule has 0 bridgehead atoms. The van der Waals surface area contributed by atoms with Gasteiger partial charge in [0.1, 0.15) is 0 Å². The normalized spacial score (nSPS) is 18.0. The van der Waals surface area contributed by atoms with Crippen molar-refractivity contribution in [1.29, 1.82) is 0 Å². The highest BCUT2D eigenvalue weighted by Crippen LogP contribution is 2.19. The van der Waals surface area contributed by atoms with Crippen LogP contribution < -0.4 is 15.4 Å². The average molecular weight is 467 g/mol. The number of carbonyl (C=O) groups is 2. The van der Waals surface area contributed by atoms with Gasteiger partial charge in [-0.05, 0) is 49.8 Å². The van der Waals surface area contributed by atoms with Crippen LogP contribution in [0.3, 0.4) is 0 Å². The summed E-state index contributed by atoms with van der Waals surface area (Å²) >= 11 is 0. The van der Waals surface area contributed by atoms with Gasteiger partial charge in [-0.15, -0.1) is 0 Å². The SMILES string of the molecule is O=C(NC1CCCCC1)N(CCc1ccc(NS(=O)(=O)O)cc1)C(=O)NC1CCCCC1. The van der Waals surface area contributed by atoms with Gasteiger partial charge in [0.15, 0.2) is 0 Å². The maximum atomic E-state index is 13.0. The van der Waals surface area contributed by atoms with Crippen molar-refractivity contribution in [3.8, 4) is 0 Å². The van der Waals surface area contributed by atoms with Gasteiger partial charge in [0.05, 0.1) is 5.69 Å². The van der Waals surface area contributed by atoms with Crippen molar-refractivity contribution in [3.05, 3.63) is 29.8 Å². The predicted molar refractivity (Wildman–Crippen MR) is 123 cm³/mol. The van der Waals surface area contributed by atoms with Gasteiger partial charge in [0.2, 0.25) is 0 Å². The minimum Gasteiger partial charge on any atom is -0.335 e. The summed E-state index contributed by atoms with van der Waals surface area (Å²) in [6, 6.07) is 5.92. The van der Waals surface area contributed by atoms with Crippen molar-refractivity contribution >= 4 is 28.1 Å². The third-order valence-corrected chi connectivity index (χ3v) is 6.67. The second kappa shape index (κ2) is 11.5. The van der Waals surface area contributed by atoms with Gasteiger partial charge < -0.3 is 10.6 Å². The van der Waals surface area contributed by atoms with E-state index in [0.717, 1.165) is 56.9 Å². The molecule has 178 valence electrons. The molecule has 2 aliphatic rings. The molecule has 0 spiro atoms. The Morgan fingerprint density at radius 3 is 1.75 bits per heavy atom. The summed E-state index contributed by atoms with van der Waals surface area (Å²) in [5.74, 6) is 0. The van der Waals surface area contributed by atoms with Crippen molar-refractivity contribution in [2.24, 2.45) is 0 Å². The van der Waals surface area contributed by atoms with E-state index in [0.29, 0.717) is 6.42 Å². The number of nitrogens with one attached hydrogen (secondary N) is 3. The van der Waals surface area contributed by atoms with Gasteiger partial charge in [0, 0.05) is 18.6 Å². The average Bonchev–Trinajstić information content (AvgIpc) is 2.75. The van der Waals surface area contributed by atoms with E-state index < -0.39 is 10.3 Å². The molecule has 0 heterocycles. The number of hydrogen-bond donors (Lipinski definition) is 4. The zero-order valence-corrected chi connectivity index (χ0v) is 19.2. The van der Waals surface area contributed by atoms with E-state index in [1.54, 1.807) is 12.1 Å². The van der Waals surface area contributed by atoms with Crippen molar-refractivity contribution in [1.82, 2.24) is 15.5 Å². The van der Waals surface area contributed by atoms with E-state index in [-0.39, 0.29) is 36.4 Å². The fourth-order valence-electron chi connectivity index (χ4n) is 4.42. The minimum absolute atomic E-state index is 0.104. The van der Waals surface area contributed by atoms with E-state index in [1.807, 2.05) is 4.72 Å². The number of imide groups is 1. The molecule has 0 aromatic heterocycles. The van der Waals surface area contributed by atoms with Crippen LogP contribution >= 0.6 is 0 Å². The van der Waals surface area contributed by atoms with Crippen LogP contribution in [0.2, 0.25) is 0 Å². The molecule has 0 atom stereocenters. The third-order valence-electron chi connectivity index (χ3n) is 6.18. The number of rotatable bonds is 7. The fourth-order valence-corrected chi connectivity index (χ4v) is 4.86. The van der Waals surface area contributed by atoms with Gasteiger partial charge in [-0.2, -0.15) is 8.42 Å². The largest absolute Gasteiger partial charge is 0.357 e. The van der Waals surface area contributed by atoms with E-state index in [9.17, 15) is 18.0 Å². The van der Waals surface area contributed by atoms with E-state index in [4.69, 9.17) is 4.55 Å². The number of urea groups is 2. The summed E-state index contributed by atoms with van der Waals surface area (Å²) in [5.41, 5.74) is 1.07. The third kappa shape index (κ3) is 7.98. The highest BCUT2D eigenvalue weighted by Gasteiger charge is 2.27. The summed E-state index contributed by atoms with van der Waals surface area (Å²) in [6.07, 6.45) is 10.9. The molecule has 1 aromatic rings. The zero-order chi connectivity index (χ0) is 23.0. The Bertz CT molecular complexity index is 831. The van der Waals surface area contributed by atoms with Crippen molar-refractivity contribution < 1.29 is 22.6 Å². The van der Waals surface area contributed by atoms with Crippen LogP contribution in [0.1, 0.15) is 69.8 Å². The van der Waals surface area contributed by atoms with Crippen LogP contribution in [-0.2, 0) is 16.7 Å². The van der Waals surface area contributed by atoms with E-state index in [1.165, 1.54) is 29.9 Å². The Balaban J connectivity index is 1.62. The quantitative estimate of drug-likeness (QED) is 0.454. The molecular weight excluding hydrogens is 432 g/mol. The van der Waals surface area contributed by atoms with Crippen LogP contribution in [0.25, 0.3) is 0 Å². The molecule has 9 nitrogen and oxygen atoms in total. The van der Waals surface area contributed by atoms with Crippen molar-refractivity contribution in [3.63, 3.8) is 0 Å². The van der Waals surface area contributed by atoms with Crippen LogP contribution in [-0.4, -0.2) is 48.6 Å². The van der Waals surface area contributed by atoms with Gasteiger partial charge in [0.25, 0.3) is 0 Å². The second-order valence-electron chi connectivity index (χ2n) is 8.74. The summed E-state index contributed by atoms with van der Waals surface area (Å²) < 4.78 is 32.7. The van der Waals surface area contributed by atoms with Gasteiger partial charge in [-0.3, -0.25) is 9.27 Å². The number of carbonyl (C=O) groups excluding carboxylic acids is 2. The molecule has 10 heteroatoms. The lowest BCUT2D eigenvalue weighted by atomic mass is 9.95. The monoisotopic (exact) mass is 466 g/mol. The molecule has 2 saturated carbocycles. The first kappa shape index (κ1) is 24.3. The smallest absolute Gasteiger partial charge is 0.335 e. The van der Waals surface area contributed by atoms with Crippen LogP contribution in [0.4, 0.5) is 15.3 Å². The number of hydrogen-bond acceptors (Lipinski definition) is 4. The Labute approximate surface area is 190 Å². The number of amides is 4. The highest BCUT2D eigenvalue weighted by atomic mass is 32.2. The highest BCUT2D eigenvalue weighted by molar-refractivity contribution is 7.87. The number of benzene rings is 1. The zero-order valence-electron chi connectivity index (χ0n) is 18.4. The Kier molecular flexibility index (Phi) is 8.75. The Morgan fingerprint density at radius 2 is 1.31 bits per heavy atom. The Morgan fingerprint density at radius 1 is 0.844 bits per heavy atom. The minimum atomic E-state index is -4.33. The van der Waals surface area contributed by atoms with Gasteiger partial charge >= 0.3 is 22.4 Å². The molecule has 2 fully saturated rings. The summed E-state index contributed by atoms with van der Waals surface area (Å²) in [4.78, 5) is 27.2. The fraction of sp³-hybridized carbons (Fsp3) is 0.636. The molecular formula is C22H34N4O5S. The standard InChI is InChI=1S/C22H34N4O5S/c27-21(23-18-7-3-1-4-8-18)26(22(28)24-19-9-5-2-6-10-19)16-15-17-11-13-20(14-12-17)25-32(29,30)31/h11-14,18-19,25H,1-10,15-16H2,(H,23,27)(H,24,28)(H,29,30,31). The molecule has 2 aliphatic carbocycles. The first-order chi connectivity index (χ1) is 15.3. The van der Waals surface area contributed by atoms with Gasteiger partial charge in [-0.25, -0.2) is 14.5 Å². The molecule has 1 aromatic carbocycles. The second-order valence-corrected chi connectivity index (χ2v) is 9.90. The lowest BCUT2D eigenvalue weighted by molar-refractivity contribution is 0.177. The lowest BCUT2D eigenvalue weighted by Gasteiger charge is -2.30. The summed E-state index contributed by atoms with van der Waals surface area (Å²) in [5, 5.41) is 6.06. The van der Waals surface area contributed by atoms with Crippen LogP contribution in [0, 0.1) is 0 Å². The van der Waals surface area contributed by atoms with Gasteiger partial charge in [-0.1, -0.05) is 50.7 Å². The van der Waals surface area contributed by atoms with Crippen LogP contribution in [0.15, 0.2) is 24.3 Å². The molecule has 32 heavy (non-hydrogen) atoms. The lowest BCUT2D eigenvalue weighted by Crippen LogP contribution is -2.53. The Hall–Kier alpha value is -2.33. The molecule has 4 amide bonds. The molecule has 0 saturated heterocycles.